The number of likely N-dealkylation sites (tertiary alicyclic amines) is 1. The molecule has 1 fully saturated rings. The zero-order valence-electron chi connectivity index (χ0n) is 17.5. The van der Waals surface area contributed by atoms with Gasteiger partial charge in [0.05, 0.1) is 16.5 Å². The van der Waals surface area contributed by atoms with Crippen LogP contribution in [0.1, 0.15) is 41.5 Å². The first-order valence-corrected chi connectivity index (χ1v) is 10.5. The number of rotatable bonds is 5. The van der Waals surface area contributed by atoms with Crippen molar-refractivity contribution in [3.63, 3.8) is 0 Å². The lowest BCUT2D eigenvalue weighted by atomic mass is 9.99. The smallest absolute Gasteiger partial charge is 0.338 e. The van der Waals surface area contributed by atoms with E-state index in [1.165, 1.54) is 0 Å². The number of fused-ring (bicyclic) bond motifs is 1. The molecule has 1 aliphatic rings. The Morgan fingerprint density at radius 1 is 1.10 bits per heavy atom. The first kappa shape index (κ1) is 20.8. The van der Waals surface area contributed by atoms with Gasteiger partial charge in [0.15, 0.2) is 6.61 Å². The third kappa shape index (κ3) is 4.82. The van der Waals surface area contributed by atoms with Crippen LogP contribution in [0.3, 0.4) is 0 Å². The number of amides is 1. The van der Waals surface area contributed by atoms with Gasteiger partial charge in [0.2, 0.25) is 0 Å². The topological polar surface area (TPSA) is 92.4 Å². The number of aromatic nitrogens is 2. The van der Waals surface area contributed by atoms with Gasteiger partial charge in [0.25, 0.3) is 11.5 Å². The number of carbonyl (C=O) groups excluding carboxylic acids is 2. The number of ether oxygens (including phenoxy) is 1. The first-order valence-electron chi connectivity index (χ1n) is 10.5. The second-order valence-electron chi connectivity index (χ2n) is 8.00. The van der Waals surface area contributed by atoms with E-state index in [2.05, 4.69) is 16.9 Å². The van der Waals surface area contributed by atoms with Crippen LogP contribution in [-0.2, 0) is 16.0 Å². The fraction of sp³-hybridized carbons (Fsp3) is 0.333. The van der Waals surface area contributed by atoms with Crippen molar-refractivity contribution >= 4 is 22.8 Å². The number of H-pyrrole nitrogens is 1. The number of esters is 1. The highest BCUT2D eigenvalue weighted by molar-refractivity contribution is 5.93. The average Bonchev–Trinajstić information content (AvgIpc) is 2.78. The third-order valence-corrected chi connectivity index (χ3v) is 5.72. The first-order chi connectivity index (χ1) is 15.0. The fourth-order valence-corrected chi connectivity index (χ4v) is 3.83. The van der Waals surface area contributed by atoms with Gasteiger partial charge in [0, 0.05) is 19.5 Å². The number of hydrogen-bond donors (Lipinski definition) is 1. The summed E-state index contributed by atoms with van der Waals surface area (Å²) in [5.74, 6) is 0.354. The van der Waals surface area contributed by atoms with Crippen LogP contribution >= 0.6 is 0 Å². The molecule has 31 heavy (non-hydrogen) atoms. The number of piperidine rings is 1. The molecule has 0 spiro atoms. The highest BCUT2D eigenvalue weighted by Gasteiger charge is 2.22. The molecule has 1 aliphatic heterocycles. The molecule has 1 amide bonds. The summed E-state index contributed by atoms with van der Waals surface area (Å²) < 4.78 is 5.32. The molecule has 2 heterocycles. The van der Waals surface area contributed by atoms with Crippen LogP contribution in [0.4, 0.5) is 0 Å². The second-order valence-corrected chi connectivity index (χ2v) is 8.00. The summed E-state index contributed by atoms with van der Waals surface area (Å²) in [5.41, 5.74) is 1.41. The van der Waals surface area contributed by atoms with Gasteiger partial charge in [-0.05, 0) is 42.5 Å². The van der Waals surface area contributed by atoms with Crippen molar-refractivity contribution in [2.75, 3.05) is 19.7 Å². The molecule has 1 saturated heterocycles. The zero-order valence-corrected chi connectivity index (χ0v) is 17.5. The van der Waals surface area contributed by atoms with Crippen molar-refractivity contribution in [1.82, 2.24) is 14.9 Å². The van der Waals surface area contributed by atoms with Crippen molar-refractivity contribution in [2.45, 2.75) is 26.2 Å². The van der Waals surface area contributed by atoms with E-state index in [4.69, 9.17) is 4.74 Å². The van der Waals surface area contributed by atoms with Gasteiger partial charge in [-0.25, -0.2) is 9.78 Å². The highest BCUT2D eigenvalue weighted by atomic mass is 16.5. The van der Waals surface area contributed by atoms with E-state index >= 15 is 0 Å². The summed E-state index contributed by atoms with van der Waals surface area (Å²) in [6.45, 7) is 3.31. The molecule has 160 valence electrons. The molecule has 1 N–H and O–H groups in total. The molecule has 0 radical (unpaired) electrons. The van der Waals surface area contributed by atoms with Crippen LogP contribution in [0.5, 0.6) is 0 Å². The number of aromatic amines is 1. The van der Waals surface area contributed by atoms with Gasteiger partial charge in [0.1, 0.15) is 5.82 Å². The van der Waals surface area contributed by atoms with Crippen molar-refractivity contribution < 1.29 is 14.3 Å². The summed E-state index contributed by atoms with van der Waals surface area (Å²) in [4.78, 5) is 46.4. The van der Waals surface area contributed by atoms with Gasteiger partial charge < -0.3 is 14.6 Å². The molecule has 4 rings (SSSR count). The van der Waals surface area contributed by atoms with Crippen LogP contribution in [0.2, 0.25) is 0 Å². The van der Waals surface area contributed by atoms with E-state index in [0.29, 0.717) is 46.9 Å². The lowest BCUT2D eigenvalue weighted by molar-refractivity contribution is -0.135. The number of nitrogens with zero attached hydrogens (tertiary/aromatic N) is 2. The third-order valence-electron chi connectivity index (χ3n) is 5.72. The molecule has 1 aromatic heterocycles. The highest BCUT2D eigenvalue weighted by Crippen LogP contribution is 2.17. The van der Waals surface area contributed by atoms with Crippen molar-refractivity contribution in [3.05, 3.63) is 75.8 Å². The van der Waals surface area contributed by atoms with E-state index in [1.807, 2.05) is 12.1 Å². The predicted octanol–water partition coefficient (Wildman–Crippen LogP) is 2.93. The molecule has 0 bridgehead atoms. The van der Waals surface area contributed by atoms with Gasteiger partial charge in [-0.15, -0.1) is 0 Å². The summed E-state index contributed by atoms with van der Waals surface area (Å²) in [7, 11) is 0. The Morgan fingerprint density at radius 3 is 2.61 bits per heavy atom. The van der Waals surface area contributed by atoms with Gasteiger partial charge >= 0.3 is 5.97 Å². The Bertz CT molecular complexity index is 1160. The SMILES string of the molecule is CC1CCN(C(=O)COC(=O)c2ccccc2Cc2nc3ccccc3c(=O)[nH]2)CC1. The quantitative estimate of drug-likeness (QED) is 0.642. The largest absolute Gasteiger partial charge is 0.452 e. The second kappa shape index (κ2) is 9.12. The van der Waals surface area contributed by atoms with Crippen LogP contribution in [0.15, 0.2) is 53.3 Å². The molecular weight excluding hydrogens is 394 g/mol. The van der Waals surface area contributed by atoms with Crippen LogP contribution < -0.4 is 5.56 Å². The summed E-state index contributed by atoms with van der Waals surface area (Å²) in [6, 6.07) is 14.1. The number of benzene rings is 2. The molecule has 0 unspecified atom stereocenters. The van der Waals surface area contributed by atoms with Crippen molar-refractivity contribution in [1.29, 1.82) is 0 Å². The Morgan fingerprint density at radius 2 is 1.81 bits per heavy atom. The molecule has 0 aliphatic carbocycles. The maximum atomic E-state index is 12.7. The molecule has 7 nitrogen and oxygen atoms in total. The van der Waals surface area contributed by atoms with E-state index in [1.54, 1.807) is 41.3 Å². The van der Waals surface area contributed by atoms with Crippen molar-refractivity contribution in [3.8, 4) is 0 Å². The Kier molecular flexibility index (Phi) is 6.11. The van der Waals surface area contributed by atoms with E-state index in [0.717, 1.165) is 12.8 Å². The van der Waals surface area contributed by atoms with Gasteiger partial charge in [-0.2, -0.15) is 0 Å². The Hall–Kier alpha value is -3.48. The predicted molar refractivity (Wildman–Crippen MR) is 117 cm³/mol. The molecular formula is C24H25N3O4. The van der Waals surface area contributed by atoms with Gasteiger partial charge in [-0.1, -0.05) is 37.3 Å². The normalized spacial score (nSPS) is 14.5. The molecule has 0 atom stereocenters. The molecule has 7 heteroatoms. The lowest BCUT2D eigenvalue weighted by Gasteiger charge is -2.30. The number of para-hydroxylation sites is 1. The maximum absolute atomic E-state index is 12.7. The Balaban J connectivity index is 1.46. The minimum atomic E-state index is -0.558. The van der Waals surface area contributed by atoms with E-state index < -0.39 is 5.97 Å². The summed E-state index contributed by atoms with van der Waals surface area (Å²) >= 11 is 0. The molecule has 0 saturated carbocycles. The average molecular weight is 419 g/mol. The standard InChI is InChI=1S/C24H25N3O4/c1-16-10-12-27(13-11-16)22(28)15-31-24(30)18-7-3-2-6-17(18)14-21-25-20-9-5-4-8-19(20)23(29)26-21/h2-9,16H,10-15H2,1H3,(H,25,26,29). The molecule has 3 aromatic rings. The Labute approximate surface area is 180 Å². The van der Waals surface area contributed by atoms with Gasteiger partial charge in [-0.3, -0.25) is 9.59 Å². The van der Waals surface area contributed by atoms with Crippen LogP contribution in [0.25, 0.3) is 10.9 Å². The van der Waals surface area contributed by atoms with Crippen molar-refractivity contribution in [2.24, 2.45) is 5.92 Å². The number of carbonyl (C=O) groups is 2. The minimum absolute atomic E-state index is 0.168. The minimum Gasteiger partial charge on any atom is -0.452 e. The van der Waals surface area contributed by atoms with Crippen LogP contribution in [0, 0.1) is 5.92 Å². The zero-order chi connectivity index (χ0) is 21.8. The number of hydrogen-bond acceptors (Lipinski definition) is 5. The summed E-state index contributed by atoms with van der Waals surface area (Å²) in [5, 5.41) is 0.518. The van der Waals surface area contributed by atoms with E-state index in [9.17, 15) is 14.4 Å². The van der Waals surface area contributed by atoms with Crippen LogP contribution in [-0.4, -0.2) is 46.4 Å². The van der Waals surface area contributed by atoms with E-state index in [-0.39, 0.29) is 24.5 Å². The molecule has 2 aromatic carbocycles. The summed E-state index contributed by atoms with van der Waals surface area (Å²) in [6.07, 6.45) is 2.21. The maximum Gasteiger partial charge on any atom is 0.338 e. The number of nitrogens with one attached hydrogen (secondary N) is 1. The lowest BCUT2D eigenvalue weighted by Crippen LogP contribution is -2.40. The monoisotopic (exact) mass is 419 g/mol. The fourth-order valence-electron chi connectivity index (χ4n) is 3.83.